The highest BCUT2D eigenvalue weighted by Gasteiger charge is 2.35. The van der Waals surface area contributed by atoms with Gasteiger partial charge < -0.3 is 18.9 Å². The SMILES string of the molecule is CCOC(=O)C1=C(c2ccccc2)N=c2s/c(=C\c3cc(I)cc(I)c3OCc3ccc(C#N)cc3)c(=O)n2[C@H]1c1ccc(OC)c(OC)c1. The number of thiazole rings is 1. The minimum atomic E-state index is -0.884. The van der Waals surface area contributed by atoms with Crippen LogP contribution in [-0.4, -0.2) is 31.4 Å². The van der Waals surface area contributed by atoms with Gasteiger partial charge >= 0.3 is 5.97 Å². The molecule has 1 aliphatic heterocycles. The summed E-state index contributed by atoms with van der Waals surface area (Å²) in [6.45, 7) is 2.15. The van der Waals surface area contributed by atoms with Crippen molar-refractivity contribution in [1.29, 1.82) is 5.26 Å². The van der Waals surface area contributed by atoms with Gasteiger partial charge in [0.2, 0.25) is 0 Å². The second-order valence-corrected chi connectivity index (χ2v) is 14.4. The number of nitriles is 1. The summed E-state index contributed by atoms with van der Waals surface area (Å²) in [7, 11) is 3.08. The summed E-state index contributed by atoms with van der Waals surface area (Å²) in [5, 5.41) is 9.17. The largest absolute Gasteiger partial charge is 0.493 e. The van der Waals surface area contributed by atoms with Crippen molar-refractivity contribution in [3.8, 4) is 23.3 Å². The number of rotatable bonds is 10. The molecule has 0 radical (unpaired) electrons. The fraction of sp³-hybridized carbons (Fsp3) is 0.158. The molecular formula is C38H29I2N3O6S. The molecule has 2 heterocycles. The Kier molecular flexibility index (Phi) is 11.0. The van der Waals surface area contributed by atoms with Crippen LogP contribution in [0.1, 0.15) is 40.8 Å². The van der Waals surface area contributed by atoms with Crippen molar-refractivity contribution >= 4 is 74.3 Å². The van der Waals surface area contributed by atoms with Gasteiger partial charge in [-0.15, -0.1) is 0 Å². The molecule has 0 saturated heterocycles. The molecule has 1 aliphatic rings. The van der Waals surface area contributed by atoms with Crippen molar-refractivity contribution < 1.29 is 23.7 Å². The first-order valence-electron chi connectivity index (χ1n) is 15.4. The molecule has 12 heteroatoms. The van der Waals surface area contributed by atoms with E-state index >= 15 is 0 Å². The number of nitrogens with zero attached hydrogens (tertiary/aromatic N) is 3. The molecule has 6 rings (SSSR count). The molecular weight excluding hydrogens is 880 g/mol. The van der Waals surface area contributed by atoms with Crippen molar-refractivity contribution in [2.24, 2.45) is 4.99 Å². The second kappa shape index (κ2) is 15.6. The smallest absolute Gasteiger partial charge is 0.338 e. The van der Waals surface area contributed by atoms with Crippen molar-refractivity contribution in [3.63, 3.8) is 0 Å². The Morgan fingerprint density at radius 3 is 2.42 bits per heavy atom. The highest BCUT2D eigenvalue weighted by atomic mass is 127. The quantitative estimate of drug-likeness (QED) is 0.115. The highest BCUT2D eigenvalue weighted by molar-refractivity contribution is 14.1. The number of carbonyl (C=O) groups excluding carboxylic acids is 1. The van der Waals surface area contributed by atoms with Crippen LogP contribution in [0.2, 0.25) is 0 Å². The Morgan fingerprint density at radius 1 is 1.00 bits per heavy atom. The summed E-state index contributed by atoms with van der Waals surface area (Å²) < 4.78 is 26.9. The minimum Gasteiger partial charge on any atom is -0.493 e. The molecule has 252 valence electrons. The summed E-state index contributed by atoms with van der Waals surface area (Å²) in [6, 6.07) is 27.2. The molecule has 1 atom stereocenters. The summed E-state index contributed by atoms with van der Waals surface area (Å²) in [5.41, 5.74) is 3.86. The van der Waals surface area contributed by atoms with Gasteiger partial charge in [0.15, 0.2) is 16.3 Å². The number of ether oxygens (including phenoxy) is 4. The lowest BCUT2D eigenvalue weighted by molar-refractivity contribution is -0.138. The number of hydrogen-bond acceptors (Lipinski definition) is 9. The van der Waals surface area contributed by atoms with Crippen LogP contribution in [0.4, 0.5) is 0 Å². The van der Waals surface area contributed by atoms with Crippen LogP contribution in [0.5, 0.6) is 17.2 Å². The maximum absolute atomic E-state index is 14.5. The number of esters is 1. The maximum atomic E-state index is 14.5. The third-order valence-electron chi connectivity index (χ3n) is 7.89. The van der Waals surface area contributed by atoms with E-state index in [2.05, 4.69) is 51.3 Å². The average Bonchev–Trinajstić information content (AvgIpc) is 3.44. The van der Waals surface area contributed by atoms with Crippen molar-refractivity contribution in [2.75, 3.05) is 20.8 Å². The zero-order chi connectivity index (χ0) is 35.4. The second-order valence-electron chi connectivity index (χ2n) is 10.9. The van der Waals surface area contributed by atoms with E-state index in [-0.39, 0.29) is 24.3 Å². The Labute approximate surface area is 319 Å². The molecule has 0 saturated carbocycles. The molecule has 0 N–H and O–H groups in total. The first-order chi connectivity index (χ1) is 24.3. The average molecular weight is 910 g/mol. The van der Waals surface area contributed by atoms with E-state index in [4.69, 9.17) is 29.2 Å². The molecule has 0 bridgehead atoms. The molecule has 9 nitrogen and oxygen atoms in total. The summed E-state index contributed by atoms with van der Waals surface area (Å²) in [6.07, 6.45) is 1.81. The van der Waals surface area contributed by atoms with E-state index < -0.39 is 12.0 Å². The van der Waals surface area contributed by atoms with Gasteiger partial charge in [-0.05, 0) is 106 Å². The van der Waals surface area contributed by atoms with Gasteiger partial charge in [0, 0.05) is 14.7 Å². The van der Waals surface area contributed by atoms with Crippen LogP contribution in [-0.2, 0) is 16.1 Å². The number of hydrogen-bond donors (Lipinski definition) is 0. The molecule has 5 aromatic rings. The molecule has 1 aromatic heterocycles. The number of aromatic nitrogens is 1. The van der Waals surface area contributed by atoms with Gasteiger partial charge in [-0.3, -0.25) is 9.36 Å². The van der Waals surface area contributed by atoms with Crippen LogP contribution >= 0.6 is 56.5 Å². The highest BCUT2D eigenvalue weighted by Crippen LogP contribution is 2.38. The number of benzene rings is 4. The van der Waals surface area contributed by atoms with Gasteiger partial charge in [-0.2, -0.15) is 5.26 Å². The standard InChI is InChI=1S/C38H29I2N3O6S/c1-4-48-37(45)32-33(24-8-6-5-7-9-24)42-38-43(34(32)25-14-15-29(46-2)30(17-25)47-3)36(44)31(50-38)18-26-16-27(39)19-28(40)35(26)49-21-23-12-10-22(20-41)11-13-23/h5-19,34H,4,21H2,1-3H3/b31-18-/t34-/m0/s1. The van der Waals surface area contributed by atoms with E-state index in [0.29, 0.717) is 49.0 Å². The minimum absolute atomic E-state index is 0.143. The zero-order valence-electron chi connectivity index (χ0n) is 27.1. The molecule has 0 unspecified atom stereocenters. The van der Waals surface area contributed by atoms with Crippen LogP contribution in [0.15, 0.2) is 100 Å². The first-order valence-corrected chi connectivity index (χ1v) is 18.3. The van der Waals surface area contributed by atoms with E-state index in [0.717, 1.165) is 18.3 Å². The number of halogens is 2. The van der Waals surface area contributed by atoms with Gasteiger partial charge in [-0.1, -0.05) is 59.9 Å². The van der Waals surface area contributed by atoms with E-state index in [9.17, 15) is 9.59 Å². The van der Waals surface area contributed by atoms with Crippen molar-refractivity contribution in [1.82, 2.24) is 4.57 Å². The van der Waals surface area contributed by atoms with Gasteiger partial charge in [0.25, 0.3) is 5.56 Å². The molecule has 4 aromatic carbocycles. The predicted octanol–water partition coefficient (Wildman–Crippen LogP) is 6.61. The third-order valence-corrected chi connectivity index (χ3v) is 10.3. The summed E-state index contributed by atoms with van der Waals surface area (Å²) >= 11 is 5.71. The summed E-state index contributed by atoms with van der Waals surface area (Å²) in [5.74, 6) is 1.01. The van der Waals surface area contributed by atoms with Gasteiger partial charge in [0.05, 0.1) is 57.9 Å². The van der Waals surface area contributed by atoms with Crippen LogP contribution < -0.4 is 29.1 Å². The number of carbonyl (C=O) groups is 1. The summed E-state index contributed by atoms with van der Waals surface area (Å²) in [4.78, 5) is 33.8. The van der Waals surface area contributed by atoms with Crippen LogP contribution in [0, 0.1) is 18.5 Å². The van der Waals surface area contributed by atoms with E-state index in [1.54, 1.807) is 42.9 Å². The Bertz CT molecular complexity index is 2350. The third kappa shape index (κ3) is 7.21. The number of methoxy groups -OCH3 is 2. The topological polar surface area (TPSA) is 112 Å². The fourth-order valence-corrected chi connectivity index (χ4v) is 8.63. The predicted molar refractivity (Wildman–Crippen MR) is 208 cm³/mol. The molecule has 0 fully saturated rings. The molecule has 0 amide bonds. The zero-order valence-corrected chi connectivity index (χ0v) is 32.2. The van der Waals surface area contributed by atoms with Crippen LogP contribution in [0.25, 0.3) is 11.8 Å². The Morgan fingerprint density at radius 2 is 1.74 bits per heavy atom. The fourth-order valence-electron chi connectivity index (χ4n) is 5.59. The molecule has 0 aliphatic carbocycles. The van der Waals surface area contributed by atoms with Gasteiger partial charge in [0.1, 0.15) is 12.4 Å². The van der Waals surface area contributed by atoms with E-state index in [1.165, 1.54) is 18.4 Å². The lowest BCUT2D eigenvalue weighted by Crippen LogP contribution is -2.40. The Hall–Kier alpha value is -4.46. The Balaban J connectivity index is 1.56. The first kappa shape index (κ1) is 35.4. The van der Waals surface area contributed by atoms with Crippen molar-refractivity contribution in [3.05, 3.63) is 145 Å². The van der Waals surface area contributed by atoms with Crippen LogP contribution in [0.3, 0.4) is 0 Å². The lowest BCUT2D eigenvalue weighted by Gasteiger charge is -2.26. The normalized spacial score (nSPS) is 14.0. The lowest BCUT2D eigenvalue weighted by atomic mass is 9.93. The molecule has 50 heavy (non-hydrogen) atoms. The maximum Gasteiger partial charge on any atom is 0.338 e. The number of fused-ring (bicyclic) bond motifs is 1. The van der Waals surface area contributed by atoms with E-state index in [1.807, 2.05) is 66.7 Å². The molecule has 0 spiro atoms. The van der Waals surface area contributed by atoms with Gasteiger partial charge in [-0.25, -0.2) is 9.79 Å². The van der Waals surface area contributed by atoms with Crippen molar-refractivity contribution in [2.45, 2.75) is 19.6 Å². The monoisotopic (exact) mass is 909 g/mol.